The molecule has 0 spiro atoms. The van der Waals surface area contributed by atoms with Crippen LogP contribution in [0.4, 0.5) is 0 Å². The molecule has 2 atom stereocenters. The Bertz CT molecular complexity index is 693. The van der Waals surface area contributed by atoms with Gasteiger partial charge < -0.3 is 5.11 Å². The van der Waals surface area contributed by atoms with Crippen LogP contribution in [0.25, 0.3) is 0 Å². The molecule has 0 aliphatic heterocycles. The first-order chi connectivity index (χ1) is 9.90. The lowest BCUT2D eigenvalue weighted by molar-refractivity contribution is 0.191. The third kappa shape index (κ3) is 4.14. The van der Waals surface area contributed by atoms with E-state index < -0.39 is 16.3 Å². The number of allylic oxidation sites excluding steroid dienone is 5. The molecule has 2 unspecified atom stereocenters. The van der Waals surface area contributed by atoms with E-state index in [0.29, 0.717) is 5.57 Å². The maximum atomic E-state index is 12.2. The molecule has 21 heavy (non-hydrogen) atoms. The number of aliphatic hydroxyl groups is 1. The summed E-state index contributed by atoms with van der Waals surface area (Å²) < 4.78 is 27.6. The molecule has 0 radical (unpaired) electrons. The van der Waals surface area contributed by atoms with Crippen LogP contribution in [0.1, 0.15) is 6.92 Å². The fourth-order valence-electron chi connectivity index (χ4n) is 2.02. The van der Waals surface area contributed by atoms with Crippen LogP contribution in [0.5, 0.6) is 0 Å². The smallest absolute Gasteiger partial charge is 0.242 e. The average molecular weight is 370 g/mol. The second kappa shape index (κ2) is 6.70. The zero-order valence-corrected chi connectivity index (χ0v) is 13.8. The Hall–Kier alpha value is -1.21. The van der Waals surface area contributed by atoms with Gasteiger partial charge in [0.15, 0.2) is 0 Å². The Kier molecular flexibility index (Phi) is 5.16. The lowest BCUT2D eigenvalue weighted by Gasteiger charge is -2.19. The van der Waals surface area contributed by atoms with Crippen molar-refractivity contribution in [2.75, 3.05) is 0 Å². The van der Waals surface area contributed by atoms with Crippen LogP contribution in [-0.2, 0) is 10.0 Å². The van der Waals surface area contributed by atoms with E-state index in [1.54, 1.807) is 30.4 Å². The summed E-state index contributed by atoms with van der Waals surface area (Å²) in [6.45, 7) is 1.89. The van der Waals surface area contributed by atoms with Gasteiger partial charge in [0.1, 0.15) is 6.23 Å². The lowest BCUT2D eigenvalue weighted by atomic mass is 10.00. The molecule has 0 bridgehead atoms. The second-order valence-electron chi connectivity index (χ2n) is 4.70. The second-order valence-corrected chi connectivity index (χ2v) is 7.33. The van der Waals surface area contributed by atoms with E-state index in [1.165, 1.54) is 12.1 Å². The average Bonchev–Trinajstić information content (AvgIpc) is 2.60. The van der Waals surface area contributed by atoms with Gasteiger partial charge in [0, 0.05) is 10.4 Å². The van der Waals surface area contributed by atoms with Crippen molar-refractivity contribution >= 4 is 26.0 Å². The molecule has 4 nitrogen and oxygen atoms in total. The van der Waals surface area contributed by atoms with Crippen LogP contribution >= 0.6 is 15.9 Å². The van der Waals surface area contributed by atoms with Gasteiger partial charge in [-0.05, 0) is 23.8 Å². The van der Waals surface area contributed by atoms with Crippen LogP contribution in [0, 0.1) is 5.92 Å². The molecular weight excluding hydrogens is 354 g/mol. The van der Waals surface area contributed by atoms with Crippen molar-refractivity contribution in [1.29, 1.82) is 0 Å². The molecule has 1 aliphatic carbocycles. The predicted octanol–water partition coefficient (Wildman–Crippen LogP) is 2.69. The van der Waals surface area contributed by atoms with Crippen molar-refractivity contribution in [3.05, 3.63) is 64.7 Å². The fourth-order valence-corrected chi connectivity index (χ4v) is 3.65. The topological polar surface area (TPSA) is 66.4 Å². The van der Waals surface area contributed by atoms with Gasteiger partial charge in [-0.3, -0.25) is 0 Å². The first kappa shape index (κ1) is 16.2. The Morgan fingerprint density at radius 2 is 1.95 bits per heavy atom. The Morgan fingerprint density at radius 1 is 1.29 bits per heavy atom. The van der Waals surface area contributed by atoms with Crippen LogP contribution in [0.15, 0.2) is 69.6 Å². The van der Waals surface area contributed by atoms with Gasteiger partial charge in [-0.15, -0.1) is 0 Å². The van der Waals surface area contributed by atoms with Gasteiger partial charge in [-0.2, -0.15) is 4.72 Å². The summed E-state index contributed by atoms with van der Waals surface area (Å²) in [7, 11) is -3.76. The van der Waals surface area contributed by atoms with E-state index in [4.69, 9.17) is 0 Å². The summed E-state index contributed by atoms with van der Waals surface area (Å²) in [6.07, 6.45) is 5.94. The number of rotatable bonds is 4. The minimum atomic E-state index is -3.76. The summed E-state index contributed by atoms with van der Waals surface area (Å²) >= 11 is 3.37. The standard InChI is InChI=1S/C15H16BrNO3S/c1-11-10-12(16)6-5-9-14(11)15(18)17-21(19,20)13-7-3-2-4-8-13/h2-11,15,17-18H,1H3. The van der Waals surface area contributed by atoms with Crippen molar-refractivity contribution < 1.29 is 13.5 Å². The summed E-state index contributed by atoms with van der Waals surface area (Å²) in [4.78, 5) is 0.123. The summed E-state index contributed by atoms with van der Waals surface area (Å²) in [5.41, 5.74) is 0.584. The van der Waals surface area contributed by atoms with E-state index in [0.717, 1.165) is 4.48 Å². The van der Waals surface area contributed by atoms with Crippen molar-refractivity contribution in [3.8, 4) is 0 Å². The normalized spacial score (nSPS) is 20.4. The van der Waals surface area contributed by atoms with E-state index in [9.17, 15) is 13.5 Å². The molecule has 1 aliphatic rings. The Labute approximate surface area is 133 Å². The molecule has 0 fully saturated rings. The third-order valence-electron chi connectivity index (χ3n) is 3.12. The van der Waals surface area contributed by atoms with Crippen molar-refractivity contribution in [3.63, 3.8) is 0 Å². The zero-order chi connectivity index (χ0) is 15.5. The third-order valence-corrected chi connectivity index (χ3v) is 5.07. The zero-order valence-electron chi connectivity index (χ0n) is 11.4. The highest BCUT2D eigenvalue weighted by atomic mass is 79.9. The predicted molar refractivity (Wildman–Crippen MR) is 86.2 cm³/mol. The van der Waals surface area contributed by atoms with Gasteiger partial charge in [0.25, 0.3) is 0 Å². The van der Waals surface area contributed by atoms with E-state index >= 15 is 0 Å². The highest BCUT2D eigenvalue weighted by molar-refractivity contribution is 9.11. The van der Waals surface area contributed by atoms with Gasteiger partial charge in [0.05, 0.1) is 4.90 Å². The van der Waals surface area contributed by atoms with Crippen molar-refractivity contribution in [2.24, 2.45) is 5.92 Å². The van der Waals surface area contributed by atoms with Gasteiger partial charge in [0.2, 0.25) is 10.0 Å². The van der Waals surface area contributed by atoms with Gasteiger partial charge in [-0.1, -0.05) is 59.3 Å². The minimum absolute atomic E-state index is 0.0946. The summed E-state index contributed by atoms with van der Waals surface area (Å²) in [6, 6.07) is 7.97. The lowest BCUT2D eigenvalue weighted by Crippen LogP contribution is -2.37. The molecule has 1 aromatic rings. The summed E-state index contributed by atoms with van der Waals surface area (Å²) in [5, 5.41) is 10.2. The Morgan fingerprint density at radius 3 is 2.62 bits per heavy atom. The highest BCUT2D eigenvalue weighted by Crippen LogP contribution is 2.24. The summed E-state index contributed by atoms with van der Waals surface area (Å²) in [5.74, 6) is -0.0946. The Balaban J connectivity index is 2.20. The fraction of sp³-hybridized carbons (Fsp3) is 0.200. The quantitative estimate of drug-likeness (QED) is 0.801. The number of sulfonamides is 1. The number of hydrogen-bond acceptors (Lipinski definition) is 3. The van der Waals surface area contributed by atoms with Crippen molar-refractivity contribution in [1.82, 2.24) is 4.72 Å². The first-order valence-electron chi connectivity index (χ1n) is 6.41. The molecule has 0 heterocycles. The highest BCUT2D eigenvalue weighted by Gasteiger charge is 2.23. The number of benzene rings is 1. The van der Waals surface area contributed by atoms with E-state index in [2.05, 4.69) is 20.7 Å². The largest absolute Gasteiger partial charge is 0.374 e. The van der Waals surface area contributed by atoms with Crippen LogP contribution in [0.3, 0.4) is 0 Å². The SMILES string of the molecule is CC1C=C(Br)C=CC=C1C(O)NS(=O)(=O)c1ccccc1. The maximum Gasteiger partial charge on any atom is 0.242 e. The molecule has 2 rings (SSSR count). The molecule has 6 heteroatoms. The molecule has 2 N–H and O–H groups in total. The van der Waals surface area contributed by atoms with E-state index in [-0.39, 0.29) is 10.8 Å². The number of nitrogens with one attached hydrogen (secondary N) is 1. The molecule has 112 valence electrons. The van der Waals surface area contributed by atoms with Crippen LogP contribution in [0.2, 0.25) is 0 Å². The monoisotopic (exact) mass is 369 g/mol. The number of aliphatic hydroxyl groups excluding tert-OH is 1. The minimum Gasteiger partial charge on any atom is -0.374 e. The molecule has 0 aromatic heterocycles. The molecular formula is C15H16BrNO3S. The van der Waals surface area contributed by atoms with Gasteiger partial charge in [-0.25, -0.2) is 8.42 Å². The number of halogens is 1. The molecule has 1 aromatic carbocycles. The van der Waals surface area contributed by atoms with Crippen molar-refractivity contribution in [2.45, 2.75) is 18.0 Å². The van der Waals surface area contributed by atoms with Gasteiger partial charge >= 0.3 is 0 Å². The molecule has 0 saturated heterocycles. The maximum absolute atomic E-state index is 12.2. The van der Waals surface area contributed by atoms with E-state index in [1.807, 2.05) is 19.1 Å². The van der Waals surface area contributed by atoms with Crippen LogP contribution < -0.4 is 4.72 Å². The molecule has 0 amide bonds. The number of hydrogen-bond donors (Lipinski definition) is 2. The van der Waals surface area contributed by atoms with Crippen LogP contribution in [-0.4, -0.2) is 19.8 Å². The molecule has 0 saturated carbocycles. The first-order valence-corrected chi connectivity index (χ1v) is 8.69.